The summed E-state index contributed by atoms with van der Waals surface area (Å²) in [6.07, 6.45) is -5.24. The van der Waals surface area contributed by atoms with E-state index in [0.717, 1.165) is 31.6 Å². The van der Waals surface area contributed by atoms with E-state index < -0.39 is 24.3 Å². The molecule has 202 valence electrons. The van der Waals surface area contributed by atoms with Crippen molar-refractivity contribution in [3.63, 3.8) is 0 Å². The highest BCUT2D eigenvalue weighted by Crippen LogP contribution is 2.25. The van der Waals surface area contributed by atoms with Crippen molar-refractivity contribution in [3.05, 3.63) is 53.9 Å². The number of benzene rings is 1. The van der Waals surface area contributed by atoms with E-state index in [0.29, 0.717) is 12.6 Å². The Hall–Kier alpha value is -3.20. The van der Waals surface area contributed by atoms with Crippen molar-refractivity contribution in [3.8, 4) is 0 Å². The van der Waals surface area contributed by atoms with Gasteiger partial charge in [0.25, 0.3) is 0 Å². The van der Waals surface area contributed by atoms with E-state index in [1.165, 1.54) is 11.8 Å². The third-order valence-electron chi connectivity index (χ3n) is 4.74. The predicted octanol–water partition coefficient (Wildman–Crippen LogP) is 3.80. The van der Waals surface area contributed by atoms with Gasteiger partial charge in [0.05, 0.1) is 12.0 Å². The van der Waals surface area contributed by atoms with Gasteiger partial charge in [-0.3, -0.25) is 4.90 Å². The maximum Gasteiger partial charge on any atom is 0.490 e. The fraction of sp³-hybridized carbons (Fsp3) is 0.476. The van der Waals surface area contributed by atoms with E-state index in [9.17, 15) is 30.7 Å². The molecule has 0 saturated heterocycles. The fourth-order valence-corrected chi connectivity index (χ4v) is 3.09. The number of aromatic nitrogens is 2. The molecule has 1 aromatic heterocycles. The average Bonchev–Trinajstić information content (AvgIpc) is 3.22. The minimum atomic E-state index is -5.08. The van der Waals surface area contributed by atoms with Crippen LogP contribution in [0.3, 0.4) is 0 Å². The van der Waals surface area contributed by atoms with Gasteiger partial charge in [-0.15, -0.1) is 0 Å². The molecular formula is C21H25F7N4O4. The monoisotopic (exact) mass is 530 g/mol. The normalized spacial score (nSPS) is 15.8. The zero-order valence-corrected chi connectivity index (χ0v) is 19.2. The van der Waals surface area contributed by atoms with Crippen LogP contribution in [0.5, 0.6) is 0 Å². The molecule has 1 atom stereocenters. The van der Waals surface area contributed by atoms with Crippen molar-refractivity contribution in [2.24, 2.45) is 0 Å². The van der Waals surface area contributed by atoms with Gasteiger partial charge < -0.3 is 19.7 Å². The van der Waals surface area contributed by atoms with E-state index >= 15 is 0 Å². The second-order valence-electron chi connectivity index (χ2n) is 7.90. The fourth-order valence-electron chi connectivity index (χ4n) is 3.09. The first kappa shape index (κ1) is 30.8. The molecule has 2 heterocycles. The van der Waals surface area contributed by atoms with Crippen LogP contribution in [0.1, 0.15) is 23.7 Å². The molecule has 15 heteroatoms. The Morgan fingerprint density at radius 2 is 1.58 bits per heavy atom. The number of hydrogen-bond donors (Lipinski definition) is 2. The van der Waals surface area contributed by atoms with Crippen molar-refractivity contribution >= 4 is 11.9 Å². The van der Waals surface area contributed by atoms with Crippen LogP contribution in [0.25, 0.3) is 0 Å². The molecule has 1 aliphatic rings. The SMILES string of the molecule is CN(C)CCC1CN(Cc2ccccc2F)Cc2cncn21.O=C(O)C(F)(F)F.O=C(O)C(F)(F)F. The van der Waals surface area contributed by atoms with Gasteiger partial charge in [0.2, 0.25) is 0 Å². The van der Waals surface area contributed by atoms with Crippen LogP contribution in [0.2, 0.25) is 0 Å². The minimum Gasteiger partial charge on any atom is -0.475 e. The third kappa shape index (κ3) is 10.6. The molecule has 1 aromatic carbocycles. The number of carbonyl (C=O) groups is 2. The van der Waals surface area contributed by atoms with Gasteiger partial charge in [-0.1, -0.05) is 18.2 Å². The van der Waals surface area contributed by atoms with Crippen LogP contribution in [-0.2, 0) is 22.7 Å². The number of imidazole rings is 1. The number of carboxylic acids is 2. The molecule has 0 aliphatic carbocycles. The van der Waals surface area contributed by atoms with Gasteiger partial charge in [0.1, 0.15) is 5.82 Å². The number of rotatable bonds is 5. The predicted molar refractivity (Wildman–Crippen MR) is 112 cm³/mol. The van der Waals surface area contributed by atoms with E-state index in [1.807, 2.05) is 24.7 Å². The molecule has 0 spiro atoms. The lowest BCUT2D eigenvalue weighted by Crippen LogP contribution is -2.37. The van der Waals surface area contributed by atoms with Crippen LogP contribution in [0.4, 0.5) is 30.7 Å². The Kier molecular flexibility index (Phi) is 11.3. The molecule has 1 unspecified atom stereocenters. The van der Waals surface area contributed by atoms with Crippen molar-refractivity contribution < 1.29 is 50.5 Å². The number of aliphatic carboxylic acids is 2. The molecule has 3 rings (SSSR count). The smallest absolute Gasteiger partial charge is 0.475 e. The highest BCUT2D eigenvalue weighted by Gasteiger charge is 2.38. The lowest BCUT2D eigenvalue weighted by Gasteiger charge is -2.35. The molecule has 0 amide bonds. The molecule has 0 bridgehead atoms. The summed E-state index contributed by atoms with van der Waals surface area (Å²) < 4.78 is 79.6. The first-order chi connectivity index (χ1) is 16.5. The highest BCUT2D eigenvalue weighted by molar-refractivity contribution is 5.73. The zero-order valence-electron chi connectivity index (χ0n) is 19.2. The summed E-state index contributed by atoms with van der Waals surface area (Å²) in [6, 6.07) is 7.45. The van der Waals surface area contributed by atoms with Crippen LogP contribution in [0.15, 0.2) is 36.8 Å². The van der Waals surface area contributed by atoms with Crippen LogP contribution >= 0.6 is 0 Å². The zero-order chi connectivity index (χ0) is 27.7. The quantitative estimate of drug-likeness (QED) is 0.568. The Labute approximate surface area is 201 Å². The largest absolute Gasteiger partial charge is 0.490 e. The maximum absolute atomic E-state index is 13.9. The second kappa shape index (κ2) is 13.2. The van der Waals surface area contributed by atoms with Crippen molar-refractivity contribution in [2.45, 2.75) is 37.9 Å². The second-order valence-corrected chi connectivity index (χ2v) is 7.90. The lowest BCUT2D eigenvalue weighted by molar-refractivity contribution is -0.193. The van der Waals surface area contributed by atoms with E-state index in [1.54, 1.807) is 6.07 Å². The number of alkyl halides is 6. The number of carboxylic acid groups (broad SMARTS) is 2. The third-order valence-corrected chi connectivity index (χ3v) is 4.74. The van der Waals surface area contributed by atoms with Crippen LogP contribution in [-0.4, -0.2) is 81.0 Å². The van der Waals surface area contributed by atoms with E-state index in [-0.39, 0.29) is 5.82 Å². The summed E-state index contributed by atoms with van der Waals surface area (Å²) >= 11 is 0. The first-order valence-electron chi connectivity index (χ1n) is 10.2. The van der Waals surface area contributed by atoms with Gasteiger partial charge in [-0.05, 0) is 33.1 Å². The molecule has 1 aliphatic heterocycles. The topological polar surface area (TPSA) is 98.9 Å². The average molecular weight is 530 g/mol. The molecule has 8 nitrogen and oxygen atoms in total. The summed E-state index contributed by atoms with van der Waals surface area (Å²) in [5.74, 6) is -5.63. The summed E-state index contributed by atoms with van der Waals surface area (Å²) in [5, 5.41) is 14.2. The first-order valence-corrected chi connectivity index (χ1v) is 10.2. The van der Waals surface area contributed by atoms with Crippen LogP contribution < -0.4 is 0 Å². The van der Waals surface area contributed by atoms with Gasteiger partial charge in [0.15, 0.2) is 0 Å². The summed E-state index contributed by atoms with van der Waals surface area (Å²) in [6.45, 7) is 3.45. The van der Waals surface area contributed by atoms with Gasteiger partial charge in [-0.2, -0.15) is 26.3 Å². The van der Waals surface area contributed by atoms with Gasteiger partial charge in [0, 0.05) is 37.4 Å². The Bertz CT molecular complexity index is 969. The summed E-state index contributed by atoms with van der Waals surface area (Å²) in [7, 11) is 4.18. The van der Waals surface area contributed by atoms with Crippen molar-refractivity contribution in [1.82, 2.24) is 19.4 Å². The standard InChI is InChI=1S/C17H23FN4.2C2HF3O2/c1-20(2)8-7-15-11-21(12-16-9-19-13-22(15)16)10-14-5-3-4-6-17(14)18;2*3-2(4,5)1(6)7/h3-6,9,13,15H,7-8,10-12H2,1-2H3;2*(H,6,7). The summed E-state index contributed by atoms with van der Waals surface area (Å²) in [5.41, 5.74) is 1.98. The number of nitrogens with zero attached hydrogens (tertiary/aromatic N) is 4. The number of halogens is 7. The van der Waals surface area contributed by atoms with Gasteiger partial charge >= 0.3 is 24.3 Å². The molecule has 2 aromatic rings. The maximum atomic E-state index is 13.9. The molecule has 0 fully saturated rings. The Morgan fingerprint density at radius 3 is 2.06 bits per heavy atom. The minimum absolute atomic E-state index is 0.119. The van der Waals surface area contributed by atoms with Crippen LogP contribution in [0, 0.1) is 5.82 Å². The lowest BCUT2D eigenvalue weighted by atomic mass is 10.1. The Morgan fingerprint density at radius 1 is 1.06 bits per heavy atom. The molecule has 0 radical (unpaired) electrons. The highest BCUT2D eigenvalue weighted by atomic mass is 19.4. The number of fused-ring (bicyclic) bond motifs is 1. The molecule has 2 N–H and O–H groups in total. The number of hydrogen-bond acceptors (Lipinski definition) is 5. The Balaban J connectivity index is 0.000000383. The van der Waals surface area contributed by atoms with E-state index in [2.05, 4.69) is 33.4 Å². The molecule has 0 saturated carbocycles. The molecular weight excluding hydrogens is 505 g/mol. The summed E-state index contributed by atoms with van der Waals surface area (Å²) in [4.78, 5) is 26.6. The van der Waals surface area contributed by atoms with Crippen molar-refractivity contribution in [2.75, 3.05) is 27.2 Å². The van der Waals surface area contributed by atoms with E-state index in [4.69, 9.17) is 19.8 Å². The van der Waals surface area contributed by atoms with Crippen molar-refractivity contribution in [1.29, 1.82) is 0 Å². The van der Waals surface area contributed by atoms with Gasteiger partial charge in [-0.25, -0.2) is 19.0 Å². The molecule has 36 heavy (non-hydrogen) atoms.